The first-order chi connectivity index (χ1) is 7.47. The lowest BCUT2D eigenvalue weighted by Gasteiger charge is -2.24. The maximum absolute atomic E-state index is 6.24. The molecule has 1 aromatic carbocycles. The van der Waals surface area contributed by atoms with E-state index in [0.717, 1.165) is 12.8 Å². The van der Waals surface area contributed by atoms with Crippen LogP contribution in [0.4, 0.5) is 0 Å². The Bertz CT molecular complexity index is 331. The summed E-state index contributed by atoms with van der Waals surface area (Å²) in [6.45, 7) is 11.0. The van der Waals surface area contributed by atoms with Crippen LogP contribution in [0.15, 0.2) is 12.1 Å². The summed E-state index contributed by atoms with van der Waals surface area (Å²) < 4.78 is 0. The van der Waals surface area contributed by atoms with Crippen molar-refractivity contribution >= 4 is 0 Å². The van der Waals surface area contributed by atoms with E-state index in [1.54, 1.807) is 0 Å². The zero-order valence-electron chi connectivity index (χ0n) is 11.3. The van der Waals surface area contributed by atoms with Gasteiger partial charge < -0.3 is 5.73 Å². The van der Waals surface area contributed by atoms with Crippen molar-refractivity contribution in [1.82, 2.24) is 0 Å². The van der Waals surface area contributed by atoms with Gasteiger partial charge in [-0.15, -0.1) is 0 Å². The van der Waals surface area contributed by atoms with E-state index in [-0.39, 0.29) is 6.04 Å². The number of benzene rings is 1. The van der Waals surface area contributed by atoms with Crippen LogP contribution in [0.5, 0.6) is 0 Å². The lowest BCUT2D eigenvalue weighted by molar-refractivity contribution is 0.519. The van der Waals surface area contributed by atoms with Crippen LogP contribution in [0.3, 0.4) is 0 Å². The van der Waals surface area contributed by atoms with Crippen molar-refractivity contribution < 1.29 is 0 Å². The molecular weight excluding hydrogens is 194 g/mol. The fraction of sp³-hybridized carbons (Fsp3) is 0.600. The third kappa shape index (κ3) is 2.85. The summed E-state index contributed by atoms with van der Waals surface area (Å²) in [5, 5.41) is 0. The predicted molar refractivity (Wildman–Crippen MR) is 72.0 cm³/mol. The van der Waals surface area contributed by atoms with E-state index < -0.39 is 0 Å². The van der Waals surface area contributed by atoms with Gasteiger partial charge in [-0.1, -0.05) is 38.0 Å². The minimum Gasteiger partial charge on any atom is -0.327 e. The lowest BCUT2D eigenvalue weighted by atomic mass is 9.85. The monoisotopic (exact) mass is 219 g/mol. The normalized spacial score (nSPS) is 14.9. The van der Waals surface area contributed by atoms with Crippen LogP contribution in [0.25, 0.3) is 0 Å². The molecule has 0 saturated carbocycles. The summed E-state index contributed by atoms with van der Waals surface area (Å²) in [7, 11) is 0. The van der Waals surface area contributed by atoms with Crippen molar-refractivity contribution in [3.05, 3.63) is 34.4 Å². The summed E-state index contributed by atoms with van der Waals surface area (Å²) >= 11 is 0. The lowest BCUT2D eigenvalue weighted by Crippen LogP contribution is -2.27. The van der Waals surface area contributed by atoms with Gasteiger partial charge in [0.1, 0.15) is 0 Å². The first kappa shape index (κ1) is 13.2. The van der Waals surface area contributed by atoms with Crippen molar-refractivity contribution in [3.63, 3.8) is 0 Å². The first-order valence-electron chi connectivity index (χ1n) is 6.30. The second-order valence-corrected chi connectivity index (χ2v) is 5.05. The molecule has 0 aromatic heterocycles. The molecule has 0 aliphatic rings. The summed E-state index contributed by atoms with van der Waals surface area (Å²) in [6, 6.07) is 4.81. The average molecular weight is 219 g/mol. The van der Waals surface area contributed by atoms with E-state index in [1.807, 2.05) is 0 Å². The Morgan fingerprint density at radius 1 is 1.12 bits per heavy atom. The molecule has 16 heavy (non-hydrogen) atoms. The van der Waals surface area contributed by atoms with Gasteiger partial charge >= 0.3 is 0 Å². The maximum Gasteiger partial charge on any atom is 0.0105 e. The van der Waals surface area contributed by atoms with Crippen molar-refractivity contribution in [2.24, 2.45) is 5.73 Å². The Hall–Kier alpha value is -0.820. The standard InChI is InChI=1S/C15H25N/c1-6-7-14(16)13(5)15-11(3)8-10(2)9-12(15)4/h8-9,13-14H,6-7,16H2,1-5H3. The fourth-order valence-corrected chi connectivity index (χ4v) is 2.71. The molecule has 2 atom stereocenters. The predicted octanol–water partition coefficient (Wildman–Crippen LogP) is 3.84. The van der Waals surface area contributed by atoms with Gasteiger partial charge in [0, 0.05) is 6.04 Å². The highest BCUT2D eigenvalue weighted by Crippen LogP contribution is 2.28. The molecule has 0 aliphatic heterocycles. The molecule has 1 nitrogen and oxygen atoms in total. The molecule has 0 fully saturated rings. The topological polar surface area (TPSA) is 26.0 Å². The molecule has 2 unspecified atom stereocenters. The molecule has 1 heteroatoms. The molecule has 0 bridgehead atoms. The molecule has 1 aromatic rings. The van der Waals surface area contributed by atoms with Crippen LogP contribution >= 0.6 is 0 Å². The smallest absolute Gasteiger partial charge is 0.0105 e. The minimum absolute atomic E-state index is 0.283. The maximum atomic E-state index is 6.24. The van der Waals surface area contributed by atoms with Gasteiger partial charge in [-0.3, -0.25) is 0 Å². The molecule has 0 heterocycles. The van der Waals surface area contributed by atoms with Crippen LogP contribution in [0.2, 0.25) is 0 Å². The summed E-state index contributed by atoms with van der Waals surface area (Å²) in [5.74, 6) is 0.459. The van der Waals surface area contributed by atoms with Crippen molar-refractivity contribution in [1.29, 1.82) is 0 Å². The van der Waals surface area contributed by atoms with Gasteiger partial charge in [0.15, 0.2) is 0 Å². The number of rotatable bonds is 4. The second-order valence-electron chi connectivity index (χ2n) is 5.05. The molecule has 0 radical (unpaired) electrons. The Labute approximate surface area is 100 Å². The second kappa shape index (κ2) is 5.49. The highest BCUT2D eigenvalue weighted by atomic mass is 14.6. The van der Waals surface area contributed by atoms with Gasteiger partial charge in [0.2, 0.25) is 0 Å². The first-order valence-corrected chi connectivity index (χ1v) is 6.30. The van der Waals surface area contributed by atoms with E-state index in [0.29, 0.717) is 5.92 Å². The highest BCUT2D eigenvalue weighted by molar-refractivity contribution is 5.40. The quantitative estimate of drug-likeness (QED) is 0.818. The molecule has 0 saturated heterocycles. The van der Waals surface area contributed by atoms with Gasteiger partial charge in [-0.25, -0.2) is 0 Å². The molecular formula is C15H25N. The van der Waals surface area contributed by atoms with E-state index >= 15 is 0 Å². The Morgan fingerprint density at radius 2 is 1.62 bits per heavy atom. The Balaban J connectivity index is 3.03. The van der Waals surface area contributed by atoms with Crippen LogP contribution in [-0.2, 0) is 0 Å². The van der Waals surface area contributed by atoms with E-state index in [2.05, 4.69) is 46.8 Å². The summed E-state index contributed by atoms with van der Waals surface area (Å²) in [6.07, 6.45) is 2.27. The zero-order chi connectivity index (χ0) is 12.3. The van der Waals surface area contributed by atoms with Crippen LogP contribution in [-0.4, -0.2) is 6.04 Å². The molecule has 90 valence electrons. The van der Waals surface area contributed by atoms with E-state index in [9.17, 15) is 0 Å². The molecule has 2 N–H and O–H groups in total. The van der Waals surface area contributed by atoms with Gasteiger partial charge in [0.25, 0.3) is 0 Å². The van der Waals surface area contributed by atoms with E-state index in [4.69, 9.17) is 5.73 Å². The van der Waals surface area contributed by atoms with Crippen LogP contribution < -0.4 is 5.73 Å². The van der Waals surface area contributed by atoms with Crippen molar-refractivity contribution in [2.45, 2.75) is 59.4 Å². The van der Waals surface area contributed by atoms with Gasteiger partial charge in [-0.2, -0.15) is 0 Å². The van der Waals surface area contributed by atoms with Crippen molar-refractivity contribution in [2.75, 3.05) is 0 Å². The zero-order valence-corrected chi connectivity index (χ0v) is 11.3. The number of aryl methyl sites for hydroxylation is 3. The third-order valence-electron chi connectivity index (χ3n) is 3.46. The van der Waals surface area contributed by atoms with Gasteiger partial charge in [-0.05, 0) is 49.8 Å². The van der Waals surface area contributed by atoms with E-state index in [1.165, 1.54) is 22.3 Å². The third-order valence-corrected chi connectivity index (χ3v) is 3.46. The SMILES string of the molecule is CCCC(N)C(C)c1c(C)cc(C)cc1C. The van der Waals surface area contributed by atoms with Gasteiger partial charge in [0.05, 0.1) is 0 Å². The summed E-state index contributed by atoms with van der Waals surface area (Å²) in [5.41, 5.74) is 11.8. The number of hydrogen-bond acceptors (Lipinski definition) is 1. The molecule has 0 aliphatic carbocycles. The molecule has 0 spiro atoms. The average Bonchev–Trinajstić information content (AvgIpc) is 2.16. The largest absolute Gasteiger partial charge is 0.327 e. The molecule has 1 rings (SSSR count). The Morgan fingerprint density at radius 3 is 2.06 bits per heavy atom. The fourth-order valence-electron chi connectivity index (χ4n) is 2.71. The Kier molecular flexibility index (Phi) is 4.55. The summed E-state index contributed by atoms with van der Waals surface area (Å²) in [4.78, 5) is 0. The van der Waals surface area contributed by atoms with Crippen molar-refractivity contribution in [3.8, 4) is 0 Å². The number of hydrogen-bond donors (Lipinski definition) is 1. The molecule has 0 amide bonds. The van der Waals surface area contributed by atoms with Crippen LogP contribution in [0.1, 0.15) is 54.9 Å². The minimum atomic E-state index is 0.283. The number of nitrogens with two attached hydrogens (primary N) is 1. The van der Waals surface area contributed by atoms with Crippen LogP contribution in [0, 0.1) is 20.8 Å². The highest BCUT2D eigenvalue weighted by Gasteiger charge is 2.17.